The molecule has 21 heavy (non-hydrogen) atoms. The summed E-state index contributed by atoms with van der Waals surface area (Å²) in [6, 6.07) is 9.68. The molecule has 2 aromatic rings. The van der Waals surface area contributed by atoms with E-state index in [0.717, 1.165) is 27.9 Å². The standard InChI is InChI=1S/C16H17BrN2O2/c1-2-19-10-12(4-6-16(19)20)18-14-7-8-21-15-5-3-11(17)9-13(14)15/h3-6,9-10,14,18H,2,7-8H2,1H3. The van der Waals surface area contributed by atoms with E-state index in [4.69, 9.17) is 4.74 Å². The van der Waals surface area contributed by atoms with Crippen LogP contribution in [0.3, 0.4) is 0 Å². The summed E-state index contributed by atoms with van der Waals surface area (Å²) < 4.78 is 8.43. The van der Waals surface area contributed by atoms with Crippen LogP contribution in [0.15, 0.2) is 45.8 Å². The SMILES string of the molecule is CCn1cc(NC2CCOc3ccc(Br)cc32)ccc1=O. The van der Waals surface area contributed by atoms with Crippen molar-refractivity contribution in [1.82, 2.24) is 4.57 Å². The molecule has 1 aliphatic rings. The minimum atomic E-state index is 0.0261. The van der Waals surface area contributed by atoms with Crippen molar-refractivity contribution in [3.8, 4) is 5.75 Å². The van der Waals surface area contributed by atoms with Gasteiger partial charge >= 0.3 is 0 Å². The van der Waals surface area contributed by atoms with Crippen molar-refractivity contribution in [2.45, 2.75) is 25.9 Å². The summed E-state index contributed by atoms with van der Waals surface area (Å²) in [4.78, 5) is 11.6. The van der Waals surface area contributed by atoms with Crippen LogP contribution in [0.25, 0.3) is 0 Å². The zero-order valence-electron chi connectivity index (χ0n) is 11.8. The smallest absolute Gasteiger partial charge is 0.250 e. The molecule has 1 N–H and O–H groups in total. The first kappa shape index (κ1) is 14.2. The molecule has 1 aromatic heterocycles. The predicted octanol–water partition coefficient (Wildman–Crippen LogP) is 3.57. The number of aromatic nitrogens is 1. The van der Waals surface area contributed by atoms with Gasteiger partial charge in [0.05, 0.1) is 18.3 Å². The first-order chi connectivity index (χ1) is 10.2. The molecule has 110 valence electrons. The molecule has 2 heterocycles. The molecule has 4 nitrogen and oxygen atoms in total. The molecule has 3 rings (SSSR count). The van der Waals surface area contributed by atoms with Crippen LogP contribution in [0.5, 0.6) is 5.75 Å². The molecule has 0 saturated heterocycles. The highest BCUT2D eigenvalue weighted by molar-refractivity contribution is 9.10. The lowest BCUT2D eigenvalue weighted by Gasteiger charge is -2.27. The number of pyridine rings is 1. The van der Waals surface area contributed by atoms with Crippen molar-refractivity contribution in [3.05, 3.63) is 56.9 Å². The summed E-state index contributed by atoms with van der Waals surface area (Å²) >= 11 is 3.51. The van der Waals surface area contributed by atoms with Crippen molar-refractivity contribution in [2.75, 3.05) is 11.9 Å². The van der Waals surface area contributed by atoms with Gasteiger partial charge in [-0.15, -0.1) is 0 Å². The summed E-state index contributed by atoms with van der Waals surface area (Å²) in [5, 5.41) is 3.51. The van der Waals surface area contributed by atoms with Crippen molar-refractivity contribution >= 4 is 21.6 Å². The molecule has 1 aliphatic heterocycles. The average Bonchev–Trinajstić information content (AvgIpc) is 2.50. The van der Waals surface area contributed by atoms with Gasteiger partial charge in [0, 0.05) is 35.3 Å². The molecule has 0 bridgehead atoms. The van der Waals surface area contributed by atoms with E-state index in [2.05, 4.69) is 27.3 Å². The lowest BCUT2D eigenvalue weighted by molar-refractivity contribution is 0.274. The van der Waals surface area contributed by atoms with Crippen LogP contribution in [0.4, 0.5) is 5.69 Å². The van der Waals surface area contributed by atoms with E-state index in [1.807, 2.05) is 31.3 Å². The Morgan fingerprint density at radius 1 is 1.38 bits per heavy atom. The highest BCUT2D eigenvalue weighted by Gasteiger charge is 2.21. The lowest BCUT2D eigenvalue weighted by atomic mass is 10.0. The Morgan fingerprint density at radius 2 is 2.24 bits per heavy atom. The highest BCUT2D eigenvalue weighted by atomic mass is 79.9. The molecule has 0 spiro atoms. The van der Waals surface area contributed by atoms with Crippen molar-refractivity contribution in [3.63, 3.8) is 0 Å². The van der Waals surface area contributed by atoms with Crippen molar-refractivity contribution in [1.29, 1.82) is 0 Å². The number of ether oxygens (including phenoxy) is 1. The van der Waals surface area contributed by atoms with Gasteiger partial charge in [-0.05, 0) is 31.2 Å². The Hall–Kier alpha value is -1.75. The van der Waals surface area contributed by atoms with Gasteiger partial charge in [0.15, 0.2) is 0 Å². The second kappa shape index (κ2) is 5.93. The van der Waals surface area contributed by atoms with Crippen LogP contribution in [0.1, 0.15) is 24.9 Å². The fourth-order valence-corrected chi connectivity index (χ4v) is 2.96. The molecule has 5 heteroatoms. The number of hydrogen-bond donors (Lipinski definition) is 1. The highest BCUT2D eigenvalue weighted by Crippen LogP contribution is 2.35. The number of hydrogen-bond acceptors (Lipinski definition) is 3. The lowest BCUT2D eigenvalue weighted by Crippen LogP contribution is -2.22. The maximum atomic E-state index is 11.6. The molecule has 0 amide bonds. The van der Waals surface area contributed by atoms with E-state index >= 15 is 0 Å². The molecule has 0 radical (unpaired) electrons. The van der Waals surface area contributed by atoms with Crippen LogP contribution in [-0.2, 0) is 6.54 Å². The first-order valence-electron chi connectivity index (χ1n) is 7.06. The second-order valence-corrected chi connectivity index (χ2v) is 5.97. The van der Waals surface area contributed by atoms with Gasteiger partial charge in [-0.3, -0.25) is 4.79 Å². The first-order valence-corrected chi connectivity index (χ1v) is 7.86. The third-order valence-electron chi connectivity index (χ3n) is 3.68. The zero-order chi connectivity index (χ0) is 14.8. The van der Waals surface area contributed by atoms with Crippen LogP contribution < -0.4 is 15.6 Å². The minimum Gasteiger partial charge on any atom is -0.493 e. The Balaban J connectivity index is 1.90. The zero-order valence-corrected chi connectivity index (χ0v) is 13.4. The molecule has 0 saturated carbocycles. The number of benzene rings is 1. The van der Waals surface area contributed by atoms with Gasteiger partial charge in [0.1, 0.15) is 5.75 Å². The topological polar surface area (TPSA) is 43.3 Å². The average molecular weight is 349 g/mol. The molecule has 1 atom stereocenters. The van der Waals surface area contributed by atoms with Gasteiger partial charge in [-0.1, -0.05) is 15.9 Å². The molecule has 1 unspecified atom stereocenters. The minimum absolute atomic E-state index is 0.0261. The number of halogens is 1. The monoisotopic (exact) mass is 348 g/mol. The van der Waals surface area contributed by atoms with E-state index in [1.54, 1.807) is 10.6 Å². The van der Waals surface area contributed by atoms with E-state index in [9.17, 15) is 4.79 Å². The van der Waals surface area contributed by atoms with E-state index < -0.39 is 0 Å². The van der Waals surface area contributed by atoms with Gasteiger partial charge in [0.25, 0.3) is 5.56 Å². The number of nitrogens with one attached hydrogen (secondary N) is 1. The normalized spacial score (nSPS) is 17.0. The Morgan fingerprint density at radius 3 is 3.05 bits per heavy atom. The van der Waals surface area contributed by atoms with E-state index in [0.29, 0.717) is 13.2 Å². The van der Waals surface area contributed by atoms with Crippen LogP contribution in [0.2, 0.25) is 0 Å². The number of fused-ring (bicyclic) bond motifs is 1. The van der Waals surface area contributed by atoms with Gasteiger partial charge in [-0.25, -0.2) is 0 Å². The van der Waals surface area contributed by atoms with Crippen molar-refractivity contribution in [2.24, 2.45) is 0 Å². The number of rotatable bonds is 3. The van der Waals surface area contributed by atoms with E-state index in [1.165, 1.54) is 0 Å². The van der Waals surface area contributed by atoms with Gasteiger partial charge in [0.2, 0.25) is 0 Å². The summed E-state index contributed by atoms with van der Waals surface area (Å²) in [7, 11) is 0. The maximum Gasteiger partial charge on any atom is 0.250 e. The molecule has 1 aromatic carbocycles. The van der Waals surface area contributed by atoms with Gasteiger partial charge in [-0.2, -0.15) is 0 Å². The summed E-state index contributed by atoms with van der Waals surface area (Å²) in [5.74, 6) is 0.922. The largest absolute Gasteiger partial charge is 0.493 e. The molecule has 0 aliphatic carbocycles. The summed E-state index contributed by atoms with van der Waals surface area (Å²) in [6.45, 7) is 3.33. The molecular formula is C16H17BrN2O2. The Bertz CT molecular complexity index is 712. The third kappa shape index (κ3) is 2.97. The quantitative estimate of drug-likeness (QED) is 0.921. The fourth-order valence-electron chi connectivity index (χ4n) is 2.58. The number of anilines is 1. The van der Waals surface area contributed by atoms with Crippen LogP contribution in [-0.4, -0.2) is 11.2 Å². The van der Waals surface area contributed by atoms with Crippen molar-refractivity contribution < 1.29 is 4.74 Å². The third-order valence-corrected chi connectivity index (χ3v) is 4.17. The van der Waals surface area contributed by atoms with Gasteiger partial charge < -0.3 is 14.6 Å². The molecular weight excluding hydrogens is 332 g/mol. The van der Waals surface area contributed by atoms with Crippen LogP contribution >= 0.6 is 15.9 Å². The molecule has 0 fully saturated rings. The summed E-state index contributed by atoms with van der Waals surface area (Å²) in [5.41, 5.74) is 2.12. The van der Waals surface area contributed by atoms with Crippen LogP contribution in [0, 0.1) is 0 Å². The van der Waals surface area contributed by atoms with E-state index in [-0.39, 0.29) is 11.6 Å². The maximum absolute atomic E-state index is 11.6. The number of aryl methyl sites for hydroxylation is 1. The predicted molar refractivity (Wildman–Crippen MR) is 87.0 cm³/mol. The Kier molecular flexibility index (Phi) is 4.01. The second-order valence-electron chi connectivity index (χ2n) is 5.06. The number of nitrogens with zero attached hydrogens (tertiary/aromatic N) is 1. The fraction of sp³-hybridized carbons (Fsp3) is 0.312. The summed E-state index contributed by atoms with van der Waals surface area (Å²) in [6.07, 6.45) is 2.77. The Labute approximate surface area is 131 Å².